The van der Waals surface area contributed by atoms with Gasteiger partial charge < -0.3 is 5.11 Å². The molecule has 5 rings (SSSR count). The Morgan fingerprint density at radius 2 is 1.29 bits per heavy atom. The van der Waals surface area contributed by atoms with Crippen LogP contribution in [0.1, 0.15) is 64.2 Å². The van der Waals surface area contributed by atoms with Crippen molar-refractivity contribution in [2.75, 3.05) is 0 Å². The molecule has 5 fully saturated rings. The molecular weight excluding hydrogens is 208 g/mol. The van der Waals surface area contributed by atoms with Gasteiger partial charge in [0.05, 0.1) is 6.10 Å². The van der Waals surface area contributed by atoms with Crippen molar-refractivity contribution in [1.29, 1.82) is 0 Å². The molecule has 5 saturated carbocycles. The Morgan fingerprint density at radius 3 is 1.82 bits per heavy atom. The van der Waals surface area contributed by atoms with Gasteiger partial charge >= 0.3 is 0 Å². The van der Waals surface area contributed by atoms with Gasteiger partial charge in [0.15, 0.2) is 0 Å². The first-order valence-electron chi connectivity index (χ1n) is 7.93. The summed E-state index contributed by atoms with van der Waals surface area (Å²) in [5.74, 6) is 3.78. The Bertz CT molecular complexity index is 273. The normalized spacial score (nSPS) is 57.4. The maximum Gasteiger partial charge on any atom is 0.0573 e. The third kappa shape index (κ3) is 1.61. The van der Waals surface area contributed by atoms with Gasteiger partial charge in [-0.2, -0.15) is 0 Å². The molecule has 96 valence electrons. The van der Waals surface area contributed by atoms with Gasteiger partial charge in [0.1, 0.15) is 0 Å². The summed E-state index contributed by atoms with van der Waals surface area (Å²) in [6.07, 6.45) is 14.1. The first-order chi connectivity index (χ1) is 8.25. The Balaban J connectivity index is 1.63. The third-order valence-corrected chi connectivity index (χ3v) is 6.60. The molecule has 1 nitrogen and oxygen atoms in total. The highest BCUT2D eigenvalue weighted by Crippen LogP contribution is 2.64. The lowest BCUT2D eigenvalue weighted by Gasteiger charge is -2.61. The second-order valence-electron chi connectivity index (χ2n) is 7.74. The number of aliphatic hydroxyl groups is 1. The van der Waals surface area contributed by atoms with Crippen LogP contribution >= 0.6 is 0 Å². The van der Waals surface area contributed by atoms with Crippen LogP contribution in [0.2, 0.25) is 0 Å². The second-order valence-corrected chi connectivity index (χ2v) is 7.74. The quantitative estimate of drug-likeness (QED) is 0.732. The highest BCUT2D eigenvalue weighted by atomic mass is 16.3. The van der Waals surface area contributed by atoms with Gasteiger partial charge in [-0.3, -0.25) is 0 Å². The highest BCUT2D eigenvalue weighted by Gasteiger charge is 2.55. The van der Waals surface area contributed by atoms with Gasteiger partial charge in [0.2, 0.25) is 0 Å². The van der Waals surface area contributed by atoms with E-state index in [-0.39, 0.29) is 6.10 Å². The Kier molecular flexibility index (Phi) is 2.38. The molecule has 2 atom stereocenters. The fourth-order valence-corrected chi connectivity index (χ4v) is 6.46. The van der Waals surface area contributed by atoms with E-state index in [2.05, 4.69) is 0 Å². The van der Waals surface area contributed by atoms with Crippen molar-refractivity contribution in [3.05, 3.63) is 0 Å². The van der Waals surface area contributed by atoms with Gasteiger partial charge in [-0.25, -0.2) is 0 Å². The number of aliphatic hydroxyl groups excluding tert-OH is 1. The summed E-state index contributed by atoms with van der Waals surface area (Å²) in [4.78, 5) is 0. The minimum atomic E-state index is 0.0417. The van der Waals surface area contributed by atoms with Crippen molar-refractivity contribution >= 4 is 0 Å². The van der Waals surface area contributed by atoms with E-state index in [1.54, 1.807) is 0 Å². The minimum absolute atomic E-state index is 0.0417. The molecule has 0 unspecified atom stereocenters. The molecule has 17 heavy (non-hydrogen) atoms. The topological polar surface area (TPSA) is 20.2 Å². The van der Waals surface area contributed by atoms with E-state index in [9.17, 15) is 5.11 Å². The summed E-state index contributed by atoms with van der Waals surface area (Å²) in [5, 5.41) is 10.4. The van der Waals surface area contributed by atoms with Crippen molar-refractivity contribution < 1.29 is 5.11 Å². The van der Waals surface area contributed by atoms with Gasteiger partial charge in [0, 0.05) is 0 Å². The van der Waals surface area contributed by atoms with Crippen molar-refractivity contribution in [3.8, 4) is 0 Å². The molecule has 5 aliphatic carbocycles. The molecule has 0 aromatic carbocycles. The van der Waals surface area contributed by atoms with Crippen LogP contribution in [0.25, 0.3) is 0 Å². The average Bonchev–Trinajstić information content (AvgIpc) is 2.27. The SMILES string of the molecule is O[C@@H]1CCCC[C@@H]1C12CC3CC(CC(C3)C1)C2. The standard InChI is InChI=1S/C16H26O/c17-15-4-2-1-3-14(15)16-8-11-5-12(9-16)7-13(6-11)10-16/h11-15,17H,1-10H2/t11?,12?,13?,14-,15+,16?/m0/s1. The lowest BCUT2D eigenvalue weighted by atomic mass is 9.45. The molecule has 1 heteroatoms. The second kappa shape index (κ2) is 3.73. The molecule has 0 spiro atoms. The maximum absolute atomic E-state index is 10.4. The van der Waals surface area contributed by atoms with E-state index in [0.29, 0.717) is 11.3 Å². The maximum atomic E-state index is 10.4. The van der Waals surface area contributed by atoms with Gasteiger partial charge in [-0.05, 0) is 80.5 Å². The van der Waals surface area contributed by atoms with Gasteiger partial charge in [0.25, 0.3) is 0 Å². The van der Waals surface area contributed by atoms with Crippen LogP contribution in [0.15, 0.2) is 0 Å². The molecule has 0 aromatic rings. The Hall–Kier alpha value is -0.0400. The number of rotatable bonds is 1. The zero-order chi connectivity index (χ0) is 11.5. The third-order valence-electron chi connectivity index (χ3n) is 6.60. The predicted molar refractivity (Wildman–Crippen MR) is 68.6 cm³/mol. The molecule has 0 aromatic heterocycles. The molecule has 4 bridgehead atoms. The smallest absolute Gasteiger partial charge is 0.0573 e. The summed E-state index contributed by atoms with van der Waals surface area (Å²) in [7, 11) is 0. The van der Waals surface area contributed by atoms with Gasteiger partial charge in [-0.1, -0.05) is 12.8 Å². The molecule has 1 N–H and O–H groups in total. The number of hydrogen-bond donors (Lipinski definition) is 1. The fraction of sp³-hybridized carbons (Fsp3) is 1.00. The van der Waals surface area contributed by atoms with Gasteiger partial charge in [-0.15, -0.1) is 0 Å². The van der Waals surface area contributed by atoms with Crippen molar-refractivity contribution in [2.45, 2.75) is 70.3 Å². The minimum Gasteiger partial charge on any atom is -0.393 e. The van der Waals surface area contributed by atoms with E-state index in [1.165, 1.54) is 57.8 Å². The Labute approximate surface area is 105 Å². The van der Waals surface area contributed by atoms with E-state index < -0.39 is 0 Å². The predicted octanol–water partition coefficient (Wildman–Crippen LogP) is 3.75. The van der Waals surface area contributed by atoms with E-state index in [4.69, 9.17) is 0 Å². The lowest BCUT2D eigenvalue weighted by molar-refractivity contribution is -0.127. The van der Waals surface area contributed by atoms with Crippen LogP contribution in [0.5, 0.6) is 0 Å². The molecule has 5 aliphatic rings. The first-order valence-corrected chi connectivity index (χ1v) is 7.93. The summed E-state index contributed by atoms with van der Waals surface area (Å²) < 4.78 is 0. The largest absolute Gasteiger partial charge is 0.393 e. The average molecular weight is 234 g/mol. The van der Waals surface area contributed by atoms with Crippen LogP contribution in [0.4, 0.5) is 0 Å². The van der Waals surface area contributed by atoms with Crippen molar-refractivity contribution in [2.24, 2.45) is 29.1 Å². The summed E-state index contributed by atoms with van der Waals surface area (Å²) in [6.45, 7) is 0. The van der Waals surface area contributed by atoms with Crippen LogP contribution in [-0.4, -0.2) is 11.2 Å². The van der Waals surface area contributed by atoms with Crippen molar-refractivity contribution in [3.63, 3.8) is 0 Å². The van der Waals surface area contributed by atoms with E-state index in [0.717, 1.165) is 24.2 Å². The lowest BCUT2D eigenvalue weighted by Crippen LogP contribution is -2.52. The summed E-state index contributed by atoms with van der Waals surface area (Å²) >= 11 is 0. The molecule has 0 heterocycles. The van der Waals surface area contributed by atoms with Crippen LogP contribution in [-0.2, 0) is 0 Å². The summed E-state index contributed by atoms with van der Waals surface area (Å²) in [6, 6.07) is 0. The molecule has 0 aliphatic heterocycles. The monoisotopic (exact) mass is 234 g/mol. The van der Waals surface area contributed by atoms with Crippen molar-refractivity contribution in [1.82, 2.24) is 0 Å². The molecule has 0 saturated heterocycles. The first kappa shape index (κ1) is 10.8. The molecule has 0 radical (unpaired) electrons. The summed E-state index contributed by atoms with van der Waals surface area (Å²) in [5.41, 5.74) is 0.592. The zero-order valence-electron chi connectivity index (χ0n) is 10.9. The molecular formula is C16H26O. The van der Waals surface area contributed by atoms with Crippen LogP contribution in [0.3, 0.4) is 0 Å². The van der Waals surface area contributed by atoms with E-state index in [1.807, 2.05) is 0 Å². The van der Waals surface area contributed by atoms with E-state index >= 15 is 0 Å². The zero-order valence-corrected chi connectivity index (χ0v) is 10.9. The molecule has 0 amide bonds. The Morgan fingerprint density at radius 1 is 0.765 bits per heavy atom. The fourth-order valence-electron chi connectivity index (χ4n) is 6.46. The van der Waals surface area contributed by atoms with Crippen LogP contribution in [0, 0.1) is 29.1 Å². The number of hydrogen-bond acceptors (Lipinski definition) is 1. The van der Waals surface area contributed by atoms with Crippen LogP contribution < -0.4 is 0 Å². The highest BCUT2D eigenvalue weighted by molar-refractivity contribution is 5.05.